The summed E-state index contributed by atoms with van der Waals surface area (Å²) in [5, 5.41) is 8.85. The fourth-order valence-electron chi connectivity index (χ4n) is 1.82. The van der Waals surface area contributed by atoms with Gasteiger partial charge >= 0.3 is 5.97 Å². The Kier molecular flexibility index (Phi) is 3.75. The molecule has 5 heteroatoms. The first-order chi connectivity index (χ1) is 9.08. The molecule has 19 heavy (non-hydrogen) atoms. The molecule has 0 radical (unpaired) electrons. The van der Waals surface area contributed by atoms with Gasteiger partial charge in [0.05, 0.1) is 0 Å². The Balaban J connectivity index is 2.19. The van der Waals surface area contributed by atoms with Crippen LogP contribution in [-0.4, -0.2) is 15.6 Å². The molecule has 1 aromatic heterocycles. The zero-order valence-electron chi connectivity index (χ0n) is 10.0. The van der Waals surface area contributed by atoms with Crippen LogP contribution < -0.4 is 5.56 Å². The summed E-state index contributed by atoms with van der Waals surface area (Å²) in [6.07, 6.45) is 1.98. The van der Waals surface area contributed by atoms with Crippen LogP contribution in [0.15, 0.2) is 47.4 Å². The van der Waals surface area contributed by atoms with E-state index in [1.54, 1.807) is 12.1 Å². The highest BCUT2D eigenvalue weighted by atomic mass is 19.1. The molecule has 0 aliphatic carbocycles. The number of carbonyl (C=O) groups is 1. The summed E-state index contributed by atoms with van der Waals surface area (Å²) in [7, 11) is 0. The van der Waals surface area contributed by atoms with Gasteiger partial charge in [0.1, 0.15) is 11.4 Å². The molecule has 0 saturated carbocycles. The Labute approximate surface area is 108 Å². The van der Waals surface area contributed by atoms with E-state index in [0.717, 1.165) is 5.56 Å². The molecule has 0 bridgehead atoms. The maximum atomic E-state index is 13.0. The summed E-state index contributed by atoms with van der Waals surface area (Å²) in [6.45, 7) is 0.309. The van der Waals surface area contributed by atoms with Crippen molar-refractivity contribution in [1.29, 1.82) is 0 Å². The van der Waals surface area contributed by atoms with Crippen LogP contribution in [0.2, 0.25) is 0 Å². The molecule has 0 atom stereocenters. The highest BCUT2D eigenvalue weighted by Gasteiger charge is 2.09. The van der Waals surface area contributed by atoms with E-state index in [1.165, 1.54) is 35.0 Å². The monoisotopic (exact) mass is 261 g/mol. The Hall–Kier alpha value is -2.43. The van der Waals surface area contributed by atoms with Crippen LogP contribution >= 0.6 is 0 Å². The van der Waals surface area contributed by atoms with Gasteiger partial charge < -0.3 is 9.67 Å². The number of pyridine rings is 1. The normalized spacial score (nSPS) is 10.4. The fraction of sp³-hybridized carbons (Fsp3) is 0.143. The van der Waals surface area contributed by atoms with E-state index in [0.29, 0.717) is 13.0 Å². The molecule has 0 fully saturated rings. The number of carboxylic acid groups (broad SMARTS) is 1. The lowest BCUT2D eigenvalue weighted by Gasteiger charge is -2.06. The summed E-state index contributed by atoms with van der Waals surface area (Å²) >= 11 is 0. The Morgan fingerprint density at radius 2 is 2.05 bits per heavy atom. The number of halogens is 1. The molecule has 2 aromatic rings. The molecule has 2 rings (SSSR count). The van der Waals surface area contributed by atoms with E-state index in [-0.39, 0.29) is 11.4 Å². The smallest absolute Gasteiger partial charge is 0.341 e. The summed E-state index contributed by atoms with van der Waals surface area (Å²) in [5.74, 6) is -1.57. The lowest BCUT2D eigenvalue weighted by Crippen LogP contribution is -2.26. The highest BCUT2D eigenvalue weighted by Crippen LogP contribution is 2.05. The lowest BCUT2D eigenvalue weighted by molar-refractivity contribution is 0.0694. The first-order valence-corrected chi connectivity index (χ1v) is 5.75. The Morgan fingerprint density at radius 1 is 1.26 bits per heavy atom. The zero-order chi connectivity index (χ0) is 13.8. The highest BCUT2D eigenvalue weighted by molar-refractivity contribution is 5.86. The number of aromatic nitrogens is 1. The second kappa shape index (κ2) is 5.48. The summed E-state index contributed by atoms with van der Waals surface area (Å²) < 4.78 is 14.3. The summed E-state index contributed by atoms with van der Waals surface area (Å²) in [5.41, 5.74) is -0.0548. The van der Waals surface area contributed by atoms with Gasteiger partial charge in [0.2, 0.25) is 0 Å². The van der Waals surface area contributed by atoms with Gasteiger partial charge in [-0.05, 0) is 36.2 Å². The summed E-state index contributed by atoms with van der Waals surface area (Å²) in [6, 6.07) is 8.88. The van der Waals surface area contributed by atoms with Crippen LogP contribution in [-0.2, 0) is 13.0 Å². The van der Waals surface area contributed by atoms with Gasteiger partial charge in [-0.1, -0.05) is 12.1 Å². The van der Waals surface area contributed by atoms with Crippen LogP contribution in [0.25, 0.3) is 0 Å². The molecule has 1 aromatic carbocycles. The predicted octanol–water partition coefficient (Wildman–Crippen LogP) is 1.93. The van der Waals surface area contributed by atoms with E-state index in [2.05, 4.69) is 0 Å². The third-order valence-electron chi connectivity index (χ3n) is 2.78. The average molecular weight is 261 g/mol. The first-order valence-electron chi connectivity index (χ1n) is 5.75. The molecular formula is C14H12FNO3. The molecule has 0 aliphatic rings. The van der Waals surface area contributed by atoms with Crippen LogP contribution in [0.4, 0.5) is 4.39 Å². The lowest BCUT2D eigenvalue weighted by atomic mass is 10.1. The minimum atomic E-state index is -1.25. The second-order valence-electron chi connectivity index (χ2n) is 4.11. The molecule has 0 amide bonds. The fourth-order valence-corrected chi connectivity index (χ4v) is 1.82. The molecule has 0 unspecified atom stereocenters. The van der Waals surface area contributed by atoms with Crippen molar-refractivity contribution in [3.8, 4) is 0 Å². The van der Waals surface area contributed by atoms with E-state index in [1.807, 2.05) is 0 Å². The van der Waals surface area contributed by atoms with Crippen molar-refractivity contribution in [2.75, 3.05) is 0 Å². The van der Waals surface area contributed by atoms with Gasteiger partial charge in [0.15, 0.2) is 0 Å². The molecule has 0 spiro atoms. The SMILES string of the molecule is O=C(O)c1cccn(CCc2cccc(F)c2)c1=O. The number of carboxylic acids is 1. The molecule has 0 saturated heterocycles. The van der Waals surface area contributed by atoms with E-state index in [9.17, 15) is 14.0 Å². The van der Waals surface area contributed by atoms with Crippen LogP contribution in [0.1, 0.15) is 15.9 Å². The standard InChI is InChI=1S/C14H12FNO3/c15-11-4-1-3-10(9-11)6-8-16-7-2-5-12(13(16)17)14(18)19/h1-5,7,9H,6,8H2,(H,18,19). The third-order valence-corrected chi connectivity index (χ3v) is 2.78. The summed E-state index contributed by atoms with van der Waals surface area (Å²) in [4.78, 5) is 22.6. The average Bonchev–Trinajstić information content (AvgIpc) is 2.37. The molecular weight excluding hydrogens is 249 g/mol. The maximum Gasteiger partial charge on any atom is 0.341 e. The predicted molar refractivity (Wildman–Crippen MR) is 67.8 cm³/mol. The molecule has 98 valence electrons. The van der Waals surface area contributed by atoms with Crippen LogP contribution in [0.3, 0.4) is 0 Å². The van der Waals surface area contributed by atoms with Crippen molar-refractivity contribution in [3.05, 3.63) is 69.9 Å². The van der Waals surface area contributed by atoms with Crippen molar-refractivity contribution in [2.45, 2.75) is 13.0 Å². The zero-order valence-corrected chi connectivity index (χ0v) is 10.0. The van der Waals surface area contributed by atoms with Crippen molar-refractivity contribution < 1.29 is 14.3 Å². The van der Waals surface area contributed by atoms with Crippen molar-refractivity contribution in [2.24, 2.45) is 0 Å². The molecule has 1 heterocycles. The van der Waals surface area contributed by atoms with Gasteiger partial charge in [-0.3, -0.25) is 4.79 Å². The Bertz CT molecular complexity index is 664. The number of aromatic carboxylic acids is 1. The van der Waals surface area contributed by atoms with E-state index in [4.69, 9.17) is 5.11 Å². The maximum absolute atomic E-state index is 13.0. The van der Waals surface area contributed by atoms with E-state index < -0.39 is 11.5 Å². The Morgan fingerprint density at radius 3 is 2.74 bits per heavy atom. The van der Waals surface area contributed by atoms with Gasteiger partial charge in [0.25, 0.3) is 5.56 Å². The quantitative estimate of drug-likeness (QED) is 0.914. The largest absolute Gasteiger partial charge is 0.477 e. The van der Waals surface area contributed by atoms with Gasteiger partial charge in [-0.25, -0.2) is 9.18 Å². The van der Waals surface area contributed by atoms with Crippen LogP contribution in [0.5, 0.6) is 0 Å². The topological polar surface area (TPSA) is 59.3 Å². The second-order valence-corrected chi connectivity index (χ2v) is 4.11. The number of nitrogens with zero attached hydrogens (tertiary/aromatic N) is 1. The van der Waals surface area contributed by atoms with E-state index >= 15 is 0 Å². The molecule has 4 nitrogen and oxygen atoms in total. The number of benzene rings is 1. The number of hydrogen-bond donors (Lipinski definition) is 1. The van der Waals surface area contributed by atoms with Crippen molar-refractivity contribution >= 4 is 5.97 Å². The van der Waals surface area contributed by atoms with Gasteiger partial charge in [0, 0.05) is 12.7 Å². The first kappa shape index (κ1) is 13.0. The third kappa shape index (κ3) is 3.07. The van der Waals surface area contributed by atoms with Gasteiger partial charge in [-0.15, -0.1) is 0 Å². The van der Waals surface area contributed by atoms with Crippen LogP contribution in [0, 0.1) is 5.82 Å². The minimum absolute atomic E-state index is 0.262. The van der Waals surface area contributed by atoms with Crippen molar-refractivity contribution in [3.63, 3.8) is 0 Å². The molecule has 0 aliphatic heterocycles. The number of hydrogen-bond acceptors (Lipinski definition) is 2. The van der Waals surface area contributed by atoms with Gasteiger partial charge in [-0.2, -0.15) is 0 Å². The van der Waals surface area contributed by atoms with Crippen molar-refractivity contribution in [1.82, 2.24) is 4.57 Å². The number of rotatable bonds is 4. The number of aryl methyl sites for hydroxylation is 2. The minimum Gasteiger partial charge on any atom is -0.477 e. The molecule has 1 N–H and O–H groups in total.